The summed E-state index contributed by atoms with van der Waals surface area (Å²) in [5.74, 6) is -0.680. The summed E-state index contributed by atoms with van der Waals surface area (Å²) < 4.78 is 32.1. The van der Waals surface area contributed by atoms with Gasteiger partial charge in [0.2, 0.25) is 17.6 Å². The van der Waals surface area contributed by atoms with E-state index < -0.39 is 23.4 Å². The summed E-state index contributed by atoms with van der Waals surface area (Å²) in [4.78, 5) is 57.9. The van der Waals surface area contributed by atoms with Gasteiger partial charge in [-0.15, -0.1) is 0 Å². The number of nitrogens with zero attached hydrogens (tertiary/aromatic N) is 3. The number of unbranched alkanes of at least 4 members (excludes halogenated alkanes) is 4. The SMILES string of the molecule is COc1ccc2c(Nc3c(Cl)cncc3Cl)cc(=O)oc2c1OCCCCCCCN1CCC(c2cc(F)cc3c2CN(C2CCC(=O)NC2=O)C3=O)CC1. The number of methoxy groups -OCH3 is 1. The number of hydrogen-bond acceptors (Lipinski definition) is 10. The molecule has 2 aromatic carbocycles. The normalized spacial score (nSPS) is 17.8. The first kappa shape index (κ1) is 38.6. The fourth-order valence-corrected chi connectivity index (χ4v) is 8.34. The number of fused-ring (bicyclic) bond motifs is 2. The van der Waals surface area contributed by atoms with Gasteiger partial charge in [0.25, 0.3) is 5.91 Å². The number of piperidine rings is 2. The summed E-state index contributed by atoms with van der Waals surface area (Å²) in [5, 5.41) is 6.65. The van der Waals surface area contributed by atoms with Gasteiger partial charge in [-0.05, 0) is 93.0 Å². The van der Waals surface area contributed by atoms with Crippen LogP contribution in [0.4, 0.5) is 15.8 Å². The number of benzene rings is 2. The van der Waals surface area contributed by atoms with Gasteiger partial charge in [-0.2, -0.15) is 0 Å². The molecule has 0 spiro atoms. The van der Waals surface area contributed by atoms with Crippen LogP contribution in [0.1, 0.15) is 85.2 Å². The van der Waals surface area contributed by atoms with Gasteiger partial charge in [0, 0.05) is 42.4 Å². The van der Waals surface area contributed by atoms with Crippen molar-refractivity contribution in [2.75, 3.05) is 38.7 Å². The summed E-state index contributed by atoms with van der Waals surface area (Å²) in [7, 11) is 1.53. The standard InChI is InChI=1S/C40H42Cl2FN5O7/c1-53-33-9-7-25-31(45-36-29(41)20-44-21-30(36)42)19-35(50)55-37(25)38(33)54-16-6-4-2-3-5-13-47-14-11-23(12-15-47)26-17-24(43)18-27-28(26)22-48(40(27)52)32-8-10-34(49)46-39(32)51/h7,9,17-21,23,32H,2-6,8,10-16,22H2,1H3,(H,44,45)(H,46,49,51). The molecule has 15 heteroatoms. The van der Waals surface area contributed by atoms with Crippen LogP contribution in [0, 0.1) is 5.82 Å². The van der Waals surface area contributed by atoms with Crippen molar-refractivity contribution in [2.24, 2.45) is 0 Å². The van der Waals surface area contributed by atoms with E-state index in [9.17, 15) is 23.6 Å². The quantitative estimate of drug-likeness (QED) is 0.0756. The van der Waals surface area contributed by atoms with Crippen LogP contribution in [-0.4, -0.2) is 71.9 Å². The first-order valence-corrected chi connectivity index (χ1v) is 19.4. The van der Waals surface area contributed by atoms with E-state index in [1.165, 1.54) is 36.5 Å². The summed E-state index contributed by atoms with van der Waals surface area (Å²) in [6.07, 6.45) is 10.0. The average Bonchev–Trinajstić information content (AvgIpc) is 3.49. The summed E-state index contributed by atoms with van der Waals surface area (Å²) in [6.45, 7) is 3.41. The Morgan fingerprint density at radius 2 is 1.73 bits per heavy atom. The van der Waals surface area contributed by atoms with Crippen molar-refractivity contribution in [3.05, 3.63) is 85.7 Å². The highest BCUT2D eigenvalue weighted by Crippen LogP contribution is 2.41. The first-order chi connectivity index (χ1) is 26.6. The van der Waals surface area contributed by atoms with Crippen molar-refractivity contribution < 1.29 is 32.7 Å². The third-order valence-corrected chi connectivity index (χ3v) is 11.3. The Hall–Kier alpha value is -4.72. The zero-order valence-electron chi connectivity index (χ0n) is 30.4. The van der Waals surface area contributed by atoms with E-state index in [2.05, 4.69) is 20.5 Å². The minimum atomic E-state index is -0.726. The Kier molecular flexibility index (Phi) is 11.9. The lowest BCUT2D eigenvalue weighted by atomic mass is 9.85. The molecule has 0 bridgehead atoms. The smallest absolute Gasteiger partial charge is 0.338 e. The molecule has 1 atom stereocenters. The van der Waals surface area contributed by atoms with E-state index in [0.29, 0.717) is 50.5 Å². The molecule has 3 aliphatic rings. The largest absolute Gasteiger partial charge is 0.493 e. The zero-order chi connectivity index (χ0) is 38.6. The van der Waals surface area contributed by atoms with E-state index in [1.54, 1.807) is 18.2 Å². The maximum atomic E-state index is 14.8. The van der Waals surface area contributed by atoms with Gasteiger partial charge in [-0.1, -0.05) is 42.5 Å². The molecule has 55 heavy (non-hydrogen) atoms. The minimum Gasteiger partial charge on any atom is -0.493 e. The van der Waals surface area contributed by atoms with Crippen LogP contribution in [0.15, 0.2) is 51.9 Å². The van der Waals surface area contributed by atoms with E-state index in [-0.39, 0.29) is 42.7 Å². The van der Waals surface area contributed by atoms with Crippen LogP contribution < -0.4 is 25.7 Å². The Balaban J connectivity index is 0.864. The summed E-state index contributed by atoms with van der Waals surface area (Å²) in [6, 6.07) is 6.96. The number of carbonyl (C=O) groups is 3. The van der Waals surface area contributed by atoms with Crippen molar-refractivity contribution in [3.8, 4) is 11.5 Å². The predicted octanol–water partition coefficient (Wildman–Crippen LogP) is 7.36. The monoisotopic (exact) mass is 793 g/mol. The van der Waals surface area contributed by atoms with Gasteiger partial charge >= 0.3 is 5.63 Å². The molecule has 290 valence electrons. The van der Waals surface area contributed by atoms with Crippen LogP contribution in [-0.2, 0) is 16.1 Å². The molecule has 0 aliphatic carbocycles. The molecule has 2 N–H and O–H groups in total. The van der Waals surface area contributed by atoms with E-state index >= 15 is 0 Å². The highest BCUT2D eigenvalue weighted by molar-refractivity contribution is 6.39. The van der Waals surface area contributed by atoms with Gasteiger partial charge in [0.1, 0.15) is 11.9 Å². The molecule has 2 aromatic heterocycles. The topological polar surface area (TPSA) is 143 Å². The third-order valence-electron chi connectivity index (χ3n) is 10.7. The molecule has 3 aliphatic heterocycles. The Morgan fingerprint density at radius 1 is 0.982 bits per heavy atom. The molecule has 4 aromatic rings. The number of rotatable bonds is 14. The second-order valence-corrected chi connectivity index (χ2v) is 15.0. The van der Waals surface area contributed by atoms with E-state index in [1.807, 2.05) is 0 Å². The molecule has 3 amide bonds. The number of nitrogens with one attached hydrogen (secondary N) is 2. The predicted molar refractivity (Wildman–Crippen MR) is 206 cm³/mol. The lowest BCUT2D eigenvalue weighted by Crippen LogP contribution is -2.52. The van der Waals surface area contributed by atoms with Crippen LogP contribution in [0.5, 0.6) is 11.5 Å². The second-order valence-electron chi connectivity index (χ2n) is 14.2. The van der Waals surface area contributed by atoms with Gasteiger partial charge < -0.3 is 29.0 Å². The third kappa shape index (κ3) is 8.44. The van der Waals surface area contributed by atoms with Crippen molar-refractivity contribution in [1.29, 1.82) is 0 Å². The number of imide groups is 1. The molecule has 5 heterocycles. The molecule has 2 fully saturated rings. The van der Waals surface area contributed by atoms with Crippen molar-refractivity contribution in [3.63, 3.8) is 0 Å². The van der Waals surface area contributed by atoms with E-state index in [0.717, 1.165) is 75.7 Å². The summed E-state index contributed by atoms with van der Waals surface area (Å²) in [5.41, 5.74) is 2.54. The van der Waals surface area contributed by atoms with Crippen molar-refractivity contribution in [2.45, 2.75) is 76.3 Å². The number of ether oxygens (including phenoxy) is 2. The van der Waals surface area contributed by atoms with Gasteiger partial charge in [-0.3, -0.25) is 24.7 Å². The molecule has 1 unspecified atom stereocenters. The number of halogens is 3. The van der Waals surface area contributed by atoms with Crippen molar-refractivity contribution in [1.82, 2.24) is 20.1 Å². The Morgan fingerprint density at radius 3 is 2.47 bits per heavy atom. The number of anilines is 2. The lowest BCUT2D eigenvalue weighted by molar-refractivity contribution is -0.136. The molecular weight excluding hydrogens is 752 g/mol. The summed E-state index contributed by atoms with van der Waals surface area (Å²) >= 11 is 12.6. The van der Waals surface area contributed by atoms with Crippen LogP contribution >= 0.6 is 23.2 Å². The molecule has 12 nitrogen and oxygen atoms in total. The van der Waals surface area contributed by atoms with Crippen molar-refractivity contribution >= 4 is 63.3 Å². The number of carbonyl (C=O) groups excluding carboxylic acids is 3. The van der Waals surface area contributed by atoms with E-state index in [4.69, 9.17) is 37.1 Å². The maximum Gasteiger partial charge on any atom is 0.338 e. The number of amides is 3. The first-order valence-electron chi connectivity index (χ1n) is 18.6. The zero-order valence-corrected chi connectivity index (χ0v) is 31.9. The average molecular weight is 795 g/mol. The van der Waals surface area contributed by atoms with Gasteiger partial charge in [0.05, 0.1) is 35.1 Å². The molecule has 0 saturated carbocycles. The molecule has 0 radical (unpaired) electrons. The number of aromatic nitrogens is 1. The fourth-order valence-electron chi connectivity index (χ4n) is 7.88. The highest BCUT2D eigenvalue weighted by atomic mass is 35.5. The number of pyridine rings is 1. The van der Waals surface area contributed by atoms with Gasteiger partial charge in [0.15, 0.2) is 11.3 Å². The molecule has 2 saturated heterocycles. The lowest BCUT2D eigenvalue weighted by Gasteiger charge is -2.33. The maximum absolute atomic E-state index is 14.8. The van der Waals surface area contributed by atoms with Crippen LogP contribution in [0.2, 0.25) is 10.0 Å². The minimum absolute atomic E-state index is 0.129. The van der Waals surface area contributed by atoms with Crippen LogP contribution in [0.25, 0.3) is 11.0 Å². The Labute approximate surface area is 327 Å². The van der Waals surface area contributed by atoms with Gasteiger partial charge in [-0.25, -0.2) is 9.18 Å². The Bertz CT molecular complexity index is 2150. The molecule has 7 rings (SSSR count). The second kappa shape index (κ2) is 17.0. The number of likely N-dealkylation sites (tertiary alicyclic amines) is 1. The number of hydrogen-bond donors (Lipinski definition) is 2. The van der Waals surface area contributed by atoms with Crippen LogP contribution in [0.3, 0.4) is 0 Å². The molecular formula is C40H42Cl2FN5O7. The highest BCUT2D eigenvalue weighted by Gasteiger charge is 2.41. The fraction of sp³-hybridized carbons (Fsp3) is 0.425.